The minimum Gasteiger partial charge on any atom is -0.349 e. The number of benzene rings is 5. The molecule has 0 aliphatic carbocycles. The van der Waals surface area contributed by atoms with Crippen LogP contribution in [0, 0.1) is 10.1 Å². The van der Waals surface area contributed by atoms with Crippen molar-refractivity contribution in [2.75, 3.05) is 4.90 Å². The molecule has 1 fully saturated rings. The first-order valence-electron chi connectivity index (χ1n) is 12.6. The van der Waals surface area contributed by atoms with Gasteiger partial charge in [0.05, 0.1) is 34.1 Å². The first kappa shape index (κ1) is 22.2. The molecule has 182 valence electrons. The molecule has 1 saturated heterocycles. The van der Waals surface area contributed by atoms with E-state index in [-0.39, 0.29) is 22.7 Å². The van der Waals surface area contributed by atoms with Crippen molar-refractivity contribution in [3.05, 3.63) is 149 Å². The maximum atomic E-state index is 11.2. The SMILES string of the molecule is O=[N+]([O-])c1ccc(C2C3C(c4ccc(-c5ccccc5)cc4)=Nc4ccc(-c5ccccc5)cc4N32)cc1. The highest BCUT2D eigenvalue weighted by atomic mass is 16.6. The lowest BCUT2D eigenvalue weighted by molar-refractivity contribution is -0.384. The molecule has 0 radical (unpaired) electrons. The second-order valence-electron chi connectivity index (χ2n) is 9.66. The van der Waals surface area contributed by atoms with Crippen molar-refractivity contribution >= 4 is 22.8 Å². The number of aliphatic imine (C=N–C) groups is 1. The number of non-ortho nitro benzene ring substituents is 1. The van der Waals surface area contributed by atoms with Gasteiger partial charge in [-0.05, 0) is 45.5 Å². The lowest BCUT2D eigenvalue weighted by Crippen LogP contribution is -2.17. The number of nitro groups is 1. The van der Waals surface area contributed by atoms with Gasteiger partial charge in [0.25, 0.3) is 5.69 Å². The molecular weight excluding hydrogens is 470 g/mol. The lowest BCUT2D eigenvalue weighted by atomic mass is 9.98. The molecule has 2 aliphatic heterocycles. The number of hydrogen-bond acceptors (Lipinski definition) is 4. The highest BCUT2D eigenvalue weighted by Crippen LogP contribution is 2.55. The van der Waals surface area contributed by atoms with Crippen molar-refractivity contribution in [2.24, 2.45) is 4.99 Å². The van der Waals surface area contributed by atoms with E-state index in [1.807, 2.05) is 48.5 Å². The quantitative estimate of drug-likeness (QED) is 0.142. The molecule has 5 aromatic rings. The summed E-state index contributed by atoms with van der Waals surface area (Å²) < 4.78 is 0. The van der Waals surface area contributed by atoms with E-state index in [4.69, 9.17) is 4.99 Å². The summed E-state index contributed by atoms with van der Waals surface area (Å²) in [5.74, 6) is 0. The van der Waals surface area contributed by atoms with Crippen LogP contribution in [-0.2, 0) is 0 Å². The van der Waals surface area contributed by atoms with Gasteiger partial charge >= 0.3 is 0 Å². The number of anilines is 1. The maximum Gasteiger partial charge on any atom is 0.269 e. The predicted molar refractivity (Wildman–Crippen MR) is 152 cm³/mol. The molecule has 0 spiro atoms. The zero-order valence-corrected chi connectivity index (χ0v) is 20.4. The van der Waals surface area contributed by atoms with Crippen molar-refractivity contribution in [2.45, 2.75) is 12.1 Å². The third-order valence-electron chi connectivity index (χ3n) is 7.42. The lowest BCUT2D eigenvalue weighted by Gasteiger charge is -2.18. The van der Waals surface area contributed by atoms with Crippen LogP contribution in [-0.4, -0.2) is 16.7 Å². The van der Waals surface area contributed by atoms with Crippen LogP contribution in [0.3, 0.4) is 0 Å². The molecule has 2 heterocycles. The van der Waals surface area contributed by atoms with E-state index >= 15 is 0 Å². The largest absolute Gasteiger partial charge is 0.349 e. The molecule has 0 N–H and O–H groups in total. The molecule has 0 saturated carbocycles. The Morgan fingerprint density at radius 2 is 1.16 bits per heavy atom. The van der Waals surface area contributed by atoms with E-state index in [0.29, 0.717) is 0 Å². The van der Waals surface area contributed by atoms with Gasteiger partial charge in [-0.25, -0.2) is 4.99 Å². The van der Waals surface area contributed by atoms with Crippen LogP contribution >= 0.6 is 0 Å². The number of nitro benzene ring substituents is 1. The van der Waals surface area contributed by atoms with Gasteiger partial charge in [0.15, 0.2) is 0 Å². The second kappa shape index (κ2) is 8.82. The van der Waals surface area contributed by atoms with Crippen molar-refractivity contribution in [1.82, 2.24) is 0 Å². The highest BCUT2D eigenvalue weighted by molar-refractivity contribution is 6.14. The van der Waals surface area contributed by atoms with E-state index in [1.54, 1.807) is 12.1 Å². The maximum absolute atomic E-state index is 11.2. The molecule has 7 rings (SSSR count). The summed E-state index contributed by atoms with van der Waals surface area (Å²) >= 11 is 0. The average molecular weight is 494 g/mol. The van der Waals surface area contributed by atoms with Gasteiger partial charge in [-0.3, -0.25) is 10.1 Å². The van der Waals surface area contributed by atoms with Gasteiger partial charge in [0, 0.05) is 12.1 Å². The Hall–Kier alpha value is -5.03. The molecule has 0 amide bonds. The molecule has 5 nitrogen and oxygen atoms in total. The van der Waals surface area contributed by atoms with E-state index in [9.17, 15) is 10.1 Å². The fourth-order valence-corrected chi connectivity index (χ4v) is 5.48. The summed E-state index contributed by atoms with van der Waals surface area (Å²) in [6.07, 6.45) is 0. The predicted octanol–water partition coefficient (Wildman–Crippen LogP) is 7.99. The Morgan fingerprint density at radius 1 is 0.605 bits per heavy atom. The van der Waals surface area contributed by atoms with Crippen LogP contribution in [0.15, 0.2) is 132 Å². The van der Waals surface area contributed by atoms with Crippen LogP contribution in [0.4, 0.5) is 17.1 Å². The highest BCUT2D eigenvalue weighted by Gasteiger charge is 2.54. The Kier molecular flexibility index (Phi) is 5.15. The third kappa shape index (κ3) is 3.76. The molecule has 2 aliphatic rings. The molecule has 0 bridgehead atoms. The Bertz CT molecular complexity index is 1680. The van der Waals surface area contributed by atoms with E-state index in [2.05, 4.69) is 71.6 Å². The second-order valence-corrected chi connectivity index (χ2v) is 9.66. The van der Waals surface area contributed by atoms with Crippen LogP contribution in [0.1, 0.15) is 17.2 Å². The van der Waals surface area contributed by atoms with E-state index < -0.39 is 0 Å². The van der Waals surface area contributed by atoms with Crippen LogP contribution in [0.25, 0.3) is 22.3 Å². The molecule has 5 heteroatoms. The van der Waals surface area contributed by atoms with Gasteiger partial charge < -0.3 is 4.90 Å². The molecule has 2 atom stereocenters. The Morgan fingerprint density at radius 3 is 1.79 bits per heavy atom. The minimum atomic E-state index is -0.355. The fraction of sp³-hybridized carbons (Fsp3) is 0.0606. The standard InChI is InChI=1S/C33H23N3O2/c37-36(38)28-18-15-26(16-19-28)32-33-31(25-13-11-24(12-14-25)22-7-3-1-4-8-22)34-29-20-17-27(21-30(29)35(32)33)23-9-5-2-6-10-23/h1-21,32-33H. The zero-order valence-electron chi connectivity index (χ0n) is 20.4. The number of fused-ring (bicyclic) bond motifs is 3. The molecule has 2 unspecified atom stereocenters. The van der Waals surface area contributed by atoms with Crippen molar-refractivity contribution in [1.29, 1.82) is 0 Å². The van der Waals surface area contributed by atoms with Crippen molar-refractivity contribution < 1.29 is 4.92 Å². The number of nitrogens with zero attached hydrogens (tertiary/aromatic N) is 3. The number of hydrogen-bond donors (Lipinski definition) is 0. The minimum absolute atomic E-state index is 0.0654. The molecule has 38 heavy (non-hydrogen) atoms. The summed E-state index contributed by atoms with van der Waals surface area (Å²) in [6.45, 7) is 0. The fourth-order valence-electron chi connectivity index (χ4n) is 5.48. The summed E-state index contributed by atoms with van der Waals surface area (Å²) in [7, 11) is 0. The topological polar surface area (TPSA) is 58.5 Å². The summed E-state index contributed by atoms with van der Waals surface area (Å²) in [5.41, 5.74) is 9.93. The van der Waals surface area contributed by atoms with E-state index in [0.717, 1.165) is 39.3 Å². The Labute approximate surface area is 220 Å². The summed E-state index contributed by atoms with van der Waals surface area (Å²) in [4.78, 5) is 18.4. The van der Waals surface area contributed by atoms with Crippen molar-refractivity contribution in [3.8, 4) is 22.3 Å². The van der Waals surface area contributed by atoms with Gasteiger partial charge in [0.2, 0.25) is 0 Å². The van der Waals surface area contributed by atoms with Gasteiger partial charge in [-0.2, -0.15) is 0 Å². The van der Waals surface area contributed by atoms with Gasteiger partial charge in [-0.1, -0.05) is 103 Å². The third-order valence-corrected chi connectivity index (χ3v) is 7.42. The smallest absolute Gasteiger partial charge is 0.269 e. The normalized spacial score (nSPS) is 17.3. The molecule has 0 aromatic heterocycles. The summed E-state index contributed by atoms with van der Waals surface area (Å²) in [5, 5.41) is 11.2. The first-order valence-corrected chi connectivity index (χ1v) is 12.6. The van der Waals surface area contributed by atoms with Crippen molar-refractivity contribution in [3.63, 3.8) is 0 Å². The van der Waals surface area contributed by atoms with Crippen LogP contribution in [0.2, 0.25) is 0 Å². The average Bonchev–Trinajstić information content (AvgIpc) is 3.74. The van der Waals surface area contributed by atoms with Crippen LogP contribution in [0.5, 0.6) is 0 Å². The molecule has 5 aromatic carbocycles. The zero-order chi connectivity index (χ0) is 25.6. The Balaban J connectivity index is 1.31. The van der Waals surface area contributed by atoms with Gasteiger partial charge in [0.1, 0.15) is 0 Å². The summed E-state index contributed by atoms with van der Waals surface area (Å²) in [6, 6.07) is 42.8. The first-order chi connectivity index (χ1) is 18.7. The monoisotopic (exact) mass is 493 g/mol. The van der Waals surface area contributed by atoms with E-state index in [1.165, 1.54) is 11.1 Å². The van der Waals surface area contributed by atoms with Gasteiger partial charge in [-0.15, -0.1) is 0 Å². The molecular formula is C33H23N3O2. The number of rotatable bonds is 5. The van der Waals surface area contributed by atoms with Crippen LogP contribution < -0.4 is 4.90 Å².